The zero-order valence-corrected chi connectivity index (χ0v) is 10.5. The fourth-order valence-electron chi connectivity index (χ4n) is 1.86. The van der Waals surface area contributed by atoms with E-state index in [-0.39, 0.29) is 11.3 Å². The van der Waals surface area contributed by atoms with E-state index in [0.717, 1.165) is 0 Å². The van der Waals surface area contributed by atoms with E-state index < -0.39 is 11.9 Å². The largest absolute Gasteiger partial charge is 0.496 e. The molecule has 5 heteroatoms. The molecule has 19 heavy (non-hydrogen) atoms. The van der Waals surface area contributed by atoms with Gasteiger partial charge in [0.25, 0.3) is 0 Å². The van der Waals surface area contributed by atoms with Crippen molar-refractivity contribution in [1.82, 2.24) is 0 Å². The van der Waals surface area contributed by atoms with Crippen LogP contribution in [0, 0.1) is 0 Å². The zero-order valence-electron chi connectivity index (χ0n) is 10.5. The predicted octanol–water partition coefficient (Wildman–Crippen LogP) is 2.47. The topological polar surface area (TPSA) is 72.8 Å². The second kappa shape index (κ2) is 4.97. The summed E-state index contributed by atoms with van der Waals surface area (Å²) in [5.41, 5.74) is 0.0354. The molecule has 0 saturated heterocycles. The number of aromatic carboxylic acids is 1. The lowest BCUT2D eigenvalue weighted by Crippen LogP contribution is -2.04. The Morgan fingerprint density at radius 2 is 1.84 bits per heavy atom. The number of esters is 1. The lowest BCUT2D eigenvalue weighted by atomic mass is 10.0. The van der Waals surface area contributed by atoms with E-state index in [0.29, 0.717) is 16.5 Å². The normalized spacial score (nSPS) is 10.2. The van der Waals surface area contributed by atoms with E-state index >= 15 is 0 Å². The van der Waals surface area contributed by atoms with Gasteiger partial charge in [0.15, 0.2) is 0 Å². The van der Waals surface area contributed by atoms with Crippen molar-refractivity contribution in [3.8, 4) is 11.5 Å². The van der Waals surface area contributed by atoms with Gasteiger partial charge >= 0.3 is 11.9 Å². The third kappa shape index (κ3) is 2.49. The van der Waals surface area contributed by atoms with Crippen LogP contribution in [0.1, 0.15) is 17.3 Å². The lowest BCUT2D eigenvalue weighted by molar-refractivity contribution is -0.131. The number of rotatable bonds is 3. The minimum Gasteiger partial charge on any atom is -0.496 e. The number of fused-ring (bicyclic) bond motifs is 1. The minimum atomic E-state index is -1.10. The molecule has 0 aliphatic heterocycles. The van der Waals surface area contributed by atoms with Crippen LogP contribution in [0.25, 0.3) is 10.8 Å². The van der Waals surface area contributed by atoms with Crippen molar-refractivity contribution in [3.63, 3.8) is 0 Å². The van der Waals surface area contributed by atoms with Crippen molar-refractivity contribution in [2.24, 2.45) is 0 Å². The number of hydrogen-bond donors (Lipinski definition) is 1. The third-order valence-electron chi connectivity index (χ3n) is 2.64. The Kier molecular flexibility index (Phi) is 3.37. The SMILES string of the molecule is COc1cccc2c(OC(C)=O)cc(C(=O)O)cc12. The molecule has 2 rings (SSSR count). The summed E-state index contributed by atoms with van der Waals surface area (Å²) in [5.74, 6) is -0.872. The molecule has 1 N–H and O–H groups in total. The van der Waals surface area contributed by atoms with Gasteiger partial charge in [-0.15, -0.1) is 0 Å². The van der Waals surface area contributed by atoms with Crippen LogP contribution >= 0.6 is 0 Å². The summed E-state index contributed by atoms with van der Waals surface area (Å²) in [6, 6.07) is 8.01. The molecule has 0 unspecified atom stereocenters. The number of hydrogen-bond acceptors (Lipinski definition) is 4. The van der Waals surface area contributed by atoms with E-state index in [4.69, 9.17) is 14.6 Å². The van der Waals surface area contributed by atoms with Gasteiger partial charge in [-0.2, -0.15) is 0 Å². The number of carbonyl (C=O) groups is 2. The molecule has 0 aliphatic rings. The number of methoxy groups -OCH3 is 1. The van der Waals surface area contributed by atoms with Crippen LogP contribution in [-0.4, -0.2) is 24.2 Å². The lowest BCUT2D eigenvalue weighted by Gasteiger charge is -2.10. The molecule has 0 aromatic heterocycles. The van der Waals surface area contributed by atoms with E-state index in [9.17, 15) is 9.59 Å². The van der Waals surface area contributed by atoms with Gasteiger partial charge in [0.05, 0.1) is 12.7 Å². The van der Waals surface area contributed by atoms with Crippen molar-refractivity contribution in [2.45, 2.75) is 6.92 Å². The van der Waals surface area contributed by atoms with Crippen LogP contribution in [0.3, 0.4) is 0 Å². The monoisotopic (exact) mass is 260 g/mol. The fourth-order valence-corrected chi connectivity index (χ4v) is 1.86. The zero-order chi connectivity index (χ0) is 14.0. The van der Waals surface area contributed by atoms with Crippen molar-refractivity contribution in [3.05, 3.63) is 35.9 Å². The first-order chi connectivity index (χ1) is 9.02. The minimum absolute atomic E-state index is 0.0354. The van der Waals surface area contributed by atoms with E-state index in [1.165, 1.54) is 26.2 Å². The third-order valence-corrected chi connectivity index (χ3v) is 2.64. The van der Waals surface area contributed by atoms with Crippen molar-refractivity contribution < 1.29 is 24.2 Å². The molecular weight excluding hydrogens is 248 g/mol. The average Bonchev–Trinajstić information content (AvgIpc) is 2.37. The first kappa shape index (κ1) is 12.9. The van der Waals surface area contributed by atoms with Gasteiger partial charge in [-0.05, 0) is 18.2 Å². The summed E-state index contributed by atoms with van der Waals surface area (Å²) in [4.78, 5) is 22.2. The molecule has 5 nitrogen and oxygen atoms in total. The van der Waals surface area contributed by atoms with Crippen LogP contribution in [0.5, 0.6) is 11.5 Å². The summed E-state index contributed by atoms with van der Waals surface area (Å²) in [6.07, 6.45) is 0. The van der Waals surface area contributed by atoms with Crippen LogP contribution in [-0.2, 0) is 4.79 Å². The molecule has 0 amide bonds. The Labute approximate surface area is 109 Å². The van der Waals surface area contributed by atoms with Crippen molar-refractivity contribution in [2.75, 3.05) is 7.11 Å². The van der Waals surface area contributed by atoms with Gasteiger partial charge in [0.2, 0.25) is 0 Å². The maximum atomic E-state index is 11.1. The Morgan fingerprint density at radius 3 is 2.42 bits per heavy atom. The maximum Gasteiger partial charge on any atom is 0.335 e. The average molecular weight is 260 g/mol. The number of ether oxygens (including phenoxy) is 2. The van der Waals surface area contributed by atoms with Crippen LogP contribution in [0.4, 0.5) is 0 Å². The maximum absolute atomic E-state index is 11.1. The van der Waals surface area contributed by atoms with Gasteiger partial charge in [0, 0.05) is 17.7 Å². The van der Waals surface area contributed by atoms with Gasteiger partial charge in [-0.25, -0.2) is 4.79 Å². The predicted molar refractivity (Wildman–Crippen MR) is 68.8 cm³/mol. The van der Waals surface area contributed by atoms with Gasteiger partial charge < -0.3 is 14.6 Å². The molecule has 98 valence electrons. The van der Waals surface area contributed by atoms with E-state index in [1.807, 2.05) is 0 Å². The number of benzene rings is 2. The summed E-state index contributed by atoms with van der Waals surface area (Å²) in [6.45, 7) is 1.26. The molecule has 0 fully saturated rings. The van der Waals surface area contributed by atoms with Crippen LogP contribution < -0.4 is 9.47 Å². The highest BCUT2D eigenvalue weighted by Crippen LogP contribution is 2.33. The van der Waals surface area contributed by atoms with E-state index in [1.54, 1.807) is 18.2 Å². The molecule has 0 atom stereocenters. The first-order valence-electron chi connectivity index (χ1n) is 5.55. The Balaban J connectivity index is 2.77. The molecule has 0 aliphatic carbocycles. The smallest absolute Gasteiger partial charge is 0.335 e. The van der Waals surface area contributed by atoms with Crippen molar-refractivity contribution >= 4 is 22.7 Å². The fraction of sp³-hybridized carbons (Fsp3) is 0.143. The van der Waals surface area contributed by atoms with Gasteiger partial charge in [-0.3, -0.25) is 4.79 Å². The molecule has 0 spiro atoms. The summed E-state index contributed by atoms with van der Waals surface area (Å²) in [5, 5.41) is 10.3. The molecule has 2 aromatic carbocycles. The molecule has 0 saturated carbocycles. The molecule has 2 aromatic rings. The first-order valence-corrected chi connectivity index (χ1v) is 5.55. The van der Waals surface area contributed by atoms with Crippen LogP contribution in [0.15, 0.2) is 30.3 Å². The number of carbonyl (C=O) groups excluding carboxylic acids is 1. The Morgan fingerprint density at radius 1 is 1.11 bits per heavy atom. The molecular formula is C14H12O5. The second-order valence-corrected chi connectivity index (χ2v) is 3.93. The Bertz CT molecular complexity index is 660. The standard InChI is InChI=1S/C14H12O5/c1-8(15)19-13-7-9(14(16)17)6-11-10(13)4-3-5-12(11)18-2/h3-7H,1-2H3,(H,16,17). The van der Waals surface area contributed by atoms with Gasteiger partial charge in [0.1, 0.15) is 11.5 Å². The highest BCUT2D eigenvalue weighted by molar-refractivity contribution is 6.00. The Hall–Kier alpha value is -2.56. The number of carboxylic acids is 1. The van der Waals surface area contributed by atoms with E-state index in [2.05, 4.69) is 0 Å². The summed E-state index contributed by atoms with van der Waals surface area (Å²) in [7, 11) is 1.49. The van der Waals surface area contributed by atoms with Crippen LogP contribution in [0.2, 0.25) is 0 Å². The van der Waals surface area contributed by atoms with Crippen molar-refractivity contribution in [1.29, 1.82) is 0 Å². The molecule has 0 heterocycles. The number of carboxylic acid groups (broad SMARTS) is 1. The highest BCUT2D eigenvalue weighted by atomic mass is 16.5. The summed E-state index contributed by atoms with van der Waals surface area (Å²) >= 11 is 0. The van der Waals surface area contributed by atoms with Gasteiger partial charge in [-0.1, -0.05) is 12.1 Å². The summed E-state index contributed by atoms with van der Waals surface area (Å²) < 4.78 is 10.2. The second-order valence-electron chi connectivity index (χ2n) is 3.93. The highest BCUT2D eigenvalue weighted by Gasteiger charge is 2.14. The molecule has 0 radical (unpaired) electrons. The molecule has 0 bridgehead atoms. The quantitative estimate of drug-likeness (QED) is 0.678.